The zero-order valence-electron chi connectivity index (χ0n) is 14.2. The van der Waals surface area contributed by atoms with Gasteiger partial charge in [0.25, 0.3) is 5.91 Å². The molecule has 2 aliphatic heterocycles. The summed E-state index contributed by atoms with van der Waals surface area (Å²) < 4.78 is 6.16. The van der Waals surface area contributed by atoms with Crippen LogP contribution in [-0.2, 0) is 4.74 Å². The maximum atomic E-state index is 13.0. The van der Waals surface area contributed by atoms with E-state index >= 15 is 0 Å². The Morgan fingerprint density at radius 2 is 2.29 bits per heavy atom. The van der Waals surface area contributed by atoms with E-state index < -0.39 is 0 Å². The van der Waals surface area contributed by atoms with Gasteiger partial charge in [-0.1, -0.05) is 31.5 Å². The standard InChI is InChI=1S/C20H24N2O2/c1-2-15-11-20(24-13-15)8-5-9-22(14-20)19(23)17-10-16-6-3-4-7-18(16)21-12-17/h3-4,6-7,10,12,15H,2,5,8-9,11,13-14H2,1H3. The molecule has 2 unspecified atom stereocenters. The fourth-order valence-electron chi connectivity index (χ4n) is 4.13. The van der Waals surface area contributed by atoms with E-state index in [2.05, 4.69) is 11.9 Å². The Morgan fingerprint density at radius 3 is 3.12 bits per heavy atom. The second-order valence-corrected chi connectivity index (χ2v) is 7.22. The zero-order chi connectivity index (χ0) is 16.6. The highest BCUT2D eigenvalue weighted by Crippen LogP contribution is 2.38. The predicted octanol–water partition coefficient (Wildman–Crippen LogP) is 3.66. The Kier molecular flexibility index (Phi) is 4.01. The second kappa shape index (κ2) is 6.17. The van der Waals surface area contributed by atoms with Gasteiger partial charge in [-0.05, 0) is 37.3 Å². The number of pyridine rings is 1. The highest BCUT2D eigenvalue weighted by atomic mass is 16.5. The Balaban J connectivity index is 1.55. The molecule has 3 heterocycles. The molecule has 4 nitrogen and oxygen atoms in total. The molecule has 24 heavy (non-hydrogen) atoms. The summed E-state index contributed by atoms with van der Waals surface area (Å²) in [7, 11) is 0. The monoisotopic (exact) mass is 324 g/mol. The van der Waals surface area contributed by atoms with E-state index in [1.54, 1.807) is 6.20 Å². The molecule has 0 radical (unpaired) electrons. The van der Waals surface area contributed by atoms with E-state index in [0.29, 0.717) is 11.5 Å². The van der Waals surface area contributed by atoms with Gasteiger partial charge in [0.05, 0.1) is 23.3 Å². The number of amides is 1. The number of aromatic nitrogens is 1. The number of rotatable bonds is 2. The summed E-state index contributed by atoms with van der Waals surface area (Å²) in [5, 5.41) is 1.01. The fourth-order valence-corrected chi connectivity index (χ4v) is 4.13. The summed E-state index contributed by atoms with van der Waals surface area (Å²) in [5.74, 6) is 0.721. The molecule has 4 rings (SSSR count). The summed E-state index contributed by atoms with van der Waals surface area (Å²) in [5.41, 5.74) is 1.49. The maximum Gasteiger partial charge on any atom is 0.255 e. The van der Waals surface area contributed by atoms with E-state index in [1.165, 1.54) is 0 Å². The fraction of sp³-hybridized carbons (Fsp3) is 0.500. The molecular weight excluding hydrogens is 300 g/mol. The van der Waals surface area contributed by atoms with Gasteiger partial charge in [0.15, 0.2) is 0 Å². The molecule has 0 aliphatic carbocycles. The third-order valence-electron chi connectivity index (χ3n) is 5.53. The van der Waals surface area contributed by atoms with E-state index in [9.17, 15) is 4.79 Å². The lowest BCUT2D eigenvalue weighted by Gasteiger charge is -2.39. The van der Waals surface area contributed by atoms with Crippen LogP contribution in [0.3, 0.4) is 0 Å². The van der Waals surface area contributed by atoms with Gasteiger partial charge in [0, 0.05) is 24.7 Å². The number of likely N-dealkylation sites (tertiary alicyclic amines) is 1. The summed E-state index contributed by atoms with van der Waals surface area (Å²) in [6.07, 6.45) is 6.04. The molecule has 2 fully saturated rings. The number of hydrogen-bond donors (Lipinski definition) is 0. The van der Waals surface area contributed by atoms with Crippen molar-refractivity contribution >= 4 is 16.8 Å². The molecule has 0 N–H and O–H groups in total. The molecule has 1 amide bonds. The lowest BCUT2D eigenvalue weighted by Crippen LogP contribution is -2.50. The first-order valence-electron chi connectivity index (χ1n) is 8.97. The molecule has 1 aromatic heterocycles. The highest BCUT2D eigenvalue weighted by Gasteiger charge is 2.43. The van der Waals surface area contributed by atoms with Crippen LogP contribution in [0.15, 0.2) is 36.5 Å². The molecule has 1 spiro atoms. The first-order valence-corrected chi connectivity index (χ1v) is 8.97. The summed E-state index contributed by atoms with van der Waals surface area (Å²) in [4.78, 5) is 19.4. The van der Waals surface area contributed by atoms with Gasteiger partial charge in [-0.15, -0.1) is 0 Å². The topological polar surface area (TPSA) is 42.4 Å². The van der Waals surface area contributed by atoms with Crippen molar-refractivity contribution in [3.05, 3.63) is 42.1 Å². The summed E-state index contributed by atoms with van der Waals surface area (Å²) in [6, 6.07) is 9.87. The number of benzene rings is 1. The molecule has 1 aromatic carbocycles. The van der Waals surface area contributed by atoms with Crippen LogP contribution in [0.1, 0.15) is 43.0 Å². The molecule has 2 atom stereocenters. The number of ether oxygens (including phenoxy) is 1. The smallest absolute Gasteiger partial charge is 0.255 e. The number of nitrogens with zero attached hydrogens (tertiary/aromatic N) is 2. The van der Waals surface area contributed by atoms with Gasteiger partial charge in [-0.3, -0.25) is 9.78 Å². The Labute approximate surface area is 142 Å². The maximum absolute atomic E-state index is 13.0. The van der Waals surface area contributed by atoms with Crippen molar-refractivity contribution in [1.29, 1.82) is 0 Å². The van der Waals surface area contributed by atoms with Crippen molar-refractivity contribution in [3.63, 3.8) is 0 Å². The van der Waals surface area contributed by atoms with Crippen LogP contribution in [-0.4, -0.2) is 41.1 Å². The summed E-state index contributed by atoms with van der Waals surface area (Å²) in [6.45, 7) is 4.60. The molecule has 4 heteroatoms. The van der Waals surface area contributed by atoms with Gasteiger partial charge in [0.1, 0.15) is 0 Å². The predicted molar refractivity (Wildman–Crippen MR) is 94.0 cm³/mol. The van der Waals surface area contributed by atoms with E-state index in [0.717, 1.165) is 56.3 Å². The quantitative estimate of drug-likeness (QED) is 0.847. The third kappa shape index (κ3) is 2.80. The SMILES string of the molecule is CCC1COC2(CCCN(C(=O)c3cnc4ccccc4c3)C2)C1. The van der Waals surface area contributed by atoms with Gasteiger partial charge >= 0.3 is 0 Å². The number of para-hydroxylation sites is 1. The van der Waals surface area contributed by atoms with Crippen molar-refractivity contribution < 1.29 is 9.53 Å². The zero-order valence-corrected chi connectivity index (χ0v) is 14.2. The minimum absolute atomic E-state index is 0.0795. The van der Waals surface area contributed by atoms with Gasteiger partial charge in [-0.2, -0.15) is 0 Å². The van der Waals surface area contributed by atoms with Crippen molar-refractivity contribution in [1.82, 2.24) is 9.88 Å². The Hall–Kier alpha value is -1.94. The normalized spacial score (nSPS) is 27.0. The highest BCUT2D eigenvalue weighted by molar-refractivity contribution is 5.97. The van der Waals surface area contributed by atoms with E-state index in [4.69, 9.17) is 4.74 Å². The van der Waals surface area contributed by atoms with Crippen LogP contribution >= 0.6 is 0 Å². The average molecular weight is 324 g/mol. The van der Waals surface area contributed by atoms with Gasteiger partial charge < -0.3 is 9.64 Å². The van der Waals surface area contributed by atoms with Crippen LogP contribution < -0.4 is 0 Å². The second-order valence-electron chi connectivity index (χ2n) is 7.22. The van der Waals surface area contributed by atoms with E-state index in [-0.39, 0.29) is 11.5 Å². The van der Waals surface area contributed by atoms with Crippen LogP contribution in [0, 0.1) is 5.92 Å². The van der Waals surface area contributed by atoms with Crippen molar-refractivity contribution in [2.24, 2.45) is 5.92 Å². The molecule has 126 valence electrons. The Morgan fingerprint density at radius 1 is 1.42 bits per heavy atom. The van der Waals surface area contributed by atoms with Crippen LogP contribution in [0.2, 0.25) is 0 Å². The molecule has 0 saturated carbocycles. The van der Waals surface area contributed by atoms with Gasteiger partial charge in [0.2, 0.25) is 0 Å². The molecule has 2 aliphatic rings. The third-order valence-corrected chi connectivity index (χ3v) is 5.53. The first-order chi connectivity index (χ1) is 11.7. The molecule has 2 aromatic rings. The number of hydrogen-bond acceptors (Lipinski definition) is 3. The first kappa shape index (κ1) is 15.6. The van der Waals surface area contributed by atoms with Gasteiger partial charge in [-0.25, -0.2) is 0 Å². The lowest BCUT2D eigenvalue weighted by atomic mass is 9.85. The Bertz CT molecular complexity index is 760. The van der Waals surface area contributed by atoms with Crippen LogP contribution in [0.25, 0.3) is 10.9 Å². The average Bonchev–Trinajstić information content (AvgIpc) is 3.03. The largest absolute Gasteiger partial charge is 0.373 e. The summed E-state index contributed by atoms with van der Waals surface area (Å²) >= 11 is 0. The van der Waals surface area contributed by atoms with Crippen molar-refractivity contribution in [2.45, 2.75) is 38.2 Å². The van der Waals surface area contributed by atoms with Crippen molar-refractivity contribution in [3.8, 4) is 0 Å². The molecule has 2 saturated heterocycles. The number of piperidine rings is 1. The molecular formula is C20H24N2O2. The minimum atomic E-state index is -0.112. The minimum Gasteiger partial charge on any atom is -0.373 e. The number of fused-ring (bicyclic) bond motifs is 1. The van der Waals surface area contributed by atoms with Crippen LogP contribution in [0.4, 0.5) is 0 Å². The number of carbonyl (C=O) groups excluding carboxylic acids is 1. The van der Waals surface area contributed by atoms with E-state index in [1.807, 2.05) is 35.2 Å². The molecule has 0 bridgehead atoms. The van der Waals surface area contributed by atoms with Crippen molar-refractivity contribution in [2.75, 3.05) is 19.7 Å². The number of carbonyl (C=O) groups is 1. The van der Waals surface area contributed by atoms with Crippen LogP contribution in [0.5, 0.6) is 0 Å². The lowest BCUT2D eigenvalue weighted by molar-refractivity contribution is -0.0449.